The van der Waals surface area contributed by atoms with Gasteiger partial charge in [-0.2, -0.15) is 5.10 Å². The fourth-order valence-corrected chi connectivity index (χ4v) is 1.88. The number of nitrogens with zero attached hydrogens (tertiary/aromatic N) is 1. The molecule has 3 aromatic rings. The van der Waals surface area contributed by atoms with Crippen LogP contribution in [0.15, 0.2) is 48.5 Å². The number of rotatable bonds is 1. The summed E-state index contributed by atoms with van der Waals surface area (Å²) in [5.74, 6) is 0. The summed E-state index contributed by atoms with van der Waals surface area (Å²) in [7, 11) is 0. The highest BCUT2D eigenvalue weighted by atomic mass is 15.1. The van der Waals surface area contributed by atoms with Gasteiger partial charge in [-0.25, -0.2) is 0 Å². The van der Waals surface area contributed by atoms with Crippen LogP contribution in [-0.4, -0.2) is 10.2 Å². The number of aromatic nitrogens is 2. The lowest BCUT2D eigenvalue weighted by Crippen LogP contribution is -1.89. The number of nitrogen functional groups attached to an aromatic ring is 1. The van der Waals surface area contributed by atoms with E-state index in [-0.39, 0.29) is 0 Å². The molecule has 0 fully saturated rings. The predicted molar refractivity (Wildman–Crippen MR) is 65.9 cm³/mol. The molecule has 3 heteroatoms. The molecule has 0 amide bonds. The summed E-state index contributed by atoms with van der Waals surface area (Å²) < 4.78 is 0. The molecule has 3 nitrogen and oxygen atoms in total. The summed E-state index contributed by atoms with van der Waals surface area (Å²) in [6.07, 6.45) is 0. The topological polar surface area (TPSA) is 54.7 Å². The molecule has 1 aromatic heterocycles. The average Bonchev–Trinajstić information content (AvgIpc) is 2.74. The summed E-state index contributed by atoms with van der Waals surface area (Å²) >= 11 is 0. The van der Waals surface area contributed by atoms with E-state index in [1.165, 1.54) is 0 Å². The van der Waals surface area contributed by atoms with E-state index in [0.717, 1.165) is 27.8 Å². The van der Waals surface area contributed by atoms with Gasteiger partial charge in [-0.3, -0.25) is 5.10 Å². The lowest BCUT2D eigenvalue weighted by Gasteiger charge is -2.01. The summed E-state index contributed by atoms with van der Waals surface area (Å²) in [6, 6.07) is 15.8. The van der Waals surface area contributed by atoms with Gasteiger partial charge in [0, 0.05) is 16.6 Å². The number of hydrogen-bond donors (Lipinski definition) is 2. The number of para-hydroxylation sites is 2. The molecule has 0 saturated heterocycles. The van der Waals surface area contributed by atoms with Crippen LogP contribution in [0.25, 0.3) is 22.2 Å². The van der Waals surface area contributed by atoms with Gasteiger partial charge in [0.05, 0.1) is 5.52 Å². The minimum absolute atomic E-state index is 0.750. The lowest BCUT2D eigenvalue weighted by atomic mass is 10.1. The quantitative estimate of drug-likeness (QED) is 0.605. The third-order valence-corrected chi connectivity index (χ3v) is 2.69. The molecular formula is C13H11N3. The van der Waals surface area contributed by atoms with Crippen LogP contribution in [-0.2, 0) is 0 Å². The van der Waals surface area contributed by atoms with E-state index in [9.17, 15) is 0 Å². The van der Waals surface area contributed by atoms with Crippen LogP contribution in [0.4, 0.5) is 5.69 Å². The van der Waals surface area contributed by atoms with Gasteiger partial charge >= 0.3 is 0 Å². The first-order chi connectivity index (χ1) is 7.86. The maximum atomic E-state index is 5.95. The van der Waals surface area contributed by atoms with Gasteiger partial charge in [-0.1, -0.05) is 36.4 Å². The SMILES string of the molecule is Nc1ccccc1-c1n[nH]c2ccccc12. The molecular weight excluding hydrogens is 198 g/mol. The molecule has 0 radical (unpaired) electrons. The molecule has 78 valence electrons. The van der Waals surface area contributed by atoms with Gasteiger partial charge < -0.3 is 5.73 Å². The average molecular weight is 209 g/mol. The molecule has 0 aliphatic heterocycles. The molecule has 3 rings (SSSR count). The van der Waals surface area contributed by atoms with Crippen molar-refractivity contribution in [2.24, 2.45) is 0 Å². The van der Waals surface area contributed by atoms with Crippen molar-refractivity contribution in [3.63, 3.8) is 0 Å². The van der Waals surface area contributed by atoms with Crippen molar-refractivity contribution in [1.82, 2.24) is 10.2 Å². The molecule has 0 saturated carbocycles. The van der Waals surface area contributed by atoms with Crippen molar-refractivity contribution < 1.29 is 0 Å². The molecule has 0 spiro atoms. The molecule has 0 aliphatic carbocycles. The van der Waals surface area contributed by atoms with E-state index >= 15 is 0 Å². The van der Waals surface area contributed by atoms with E-state index in [1.54, 1.807) is 0 Å². The van der Waals surface area contributed by atoms with Gasteiger partial charge in [-0.05, 0) is 12.1 Å². The second-order valence-corrected chi connectivity index (χ2v) is 3.71. The zero-order valence-electron chi connectivity index (χ0n) is 8.64. The Morgan fingerprint density at radius 3 is 2.56 bits per heavy atom. The number of fused-ring (bicyclic) bond motifs is 1. The van der Waals surface area contributed by atoms with Crippen molar-refractivity contribution in [1.29, 1.82) is 0 Å². The third kappa shape index (κ3) is 1.26. The smallest absolute Gasteiger partial charge is 0.102 e. The first-order valence-electron chi connectivity index (χ1n) is 5.14. The molecule has 1 heterocycles. The van der Waals surface area contributed by atoms with E-state index in [0.29, 0.717) is 0 Å². The minimum Gasteiger partial charge on any atom is -0.398 e. The van der Waals surface area contributed by atoms with Gasteiger partial charge in [-0.15, -0.1) is 0 Å². The Balaban J connectivity index is 2.31. The molecule has 0 bridgehead atoms. The molecule has 16 heavy (non-hydrogen) atoms. The summed E-state index contributed by atoms with van der Waals surface area (Å²) in [5, 5.41) is 8.43. The zero-order valence-corrected chi connectivity index (χ0v) is 8.64. The van der Waals surface area contributed by atoms with Gasteiger partial charge in [0.15, 0.2) is 0 Å². The highest BCUT2D eigenvalue weighted by molar-refractivity contribution is 5.95. The van der Waals surface area contributed by atoms with Crippen LogP contribution in [0, 0.1) is 0 Å². The number of hydrogen-bond acceptors (Lipinski definition) is 2. The first-order valence-corrected chi connectivity index (χ1v) is 5.14. The molecule has 0 aliphatic rings. The normalized spacial score (nSPS) is 10.8. The van der Waals surface area contributed by atoms with Crippen LogP contribution in [0.2, 0.25) is 0 Å². The van der Waals surface area contributed by atoms with Gasteiger partial charge in [0.25, 0.3) is 0 Å². The van der Waals surface area contributed by atoms with E-state index in [1.807, 2.05) is 48.5 Å². The Morgan fingerprint density at radius 1 is 0.938 bits per heavy atom. The number of aromatic amines is 1. The number of nitrogens with two attached hydrogens (primary N) is 1. The van der Waals surface area contributed by atoms with Crippen LogP contribution in [0.3, 0.4) is 0 Å². The number of H-pyrrole nitrogens is 1. The largest absolute Gasteiger partial charge is 0.398 e. The zero-order chi connectivity index (χ0) is 11.0. The highest BCUT2D eigenvalue weighted by Crippen LogP contribution is 2.29. The lowest BCUT2D eigenvalue weighted by molar-refractivity contribution is 1.12. The fraction of sp³-hybridized carbons (Fsp3) is 0. The number of anilines is 1. The Labute approximate surface area is 92.9 Å². The Hall–Kier alpha value is -2.29. The van der Waals surface area contributed by atoms with Crippen molar-refractivity contribution in [2.45, 2.75) is 0 Å². The first kappa shape index (κ1) is 8.97. The maximum Gasteiger partial charge on any atom is 0.102 e. The fourth-order valence-electron chi connectivity index (χ4n) is 1.88. The third-order valence-electron chi connectivity index (χ3n) is 2.69. The number of benzene rings is 2. The standard InChI is InChI=1S/C13H11N3/c14-11-7-3-1-5-9(11)13-10-6-2-4-8-12(10)15-16-13/h1-8H,14H2,(H,15,16). The van der Waals surface area contributed by atoms with Gasteiger partial charge in [0.2, 0.25) is 0 Å². The Bertz CT molecular complexity index is 640. The van der Waals surface area contributed by atoms with E-state index in [4.69, 9.17) is 5.73 Å². The predicted octanol–water partition coefficient (Wildman–Crippen LogP) is 2.81. The monoisotopic (exact) mass is 209 g/mol. The molecule has 3 N–H and O–H groups in total. The second-order valence-electron chi connectivity index (χ2n) is 3.71. The molecule has 0 atom stereocenters. The number of nitrogens with one attached hydrogen (secondary N) is 1. The van der Waals surface area contributed by atoms with Gasteiger partial charge in [0.1, 0.15) is 5.69 Å². The van der Waals surface area contributed by atoms with Crippen LogP contribution in [0.5, 0.6) is 0 Å². The second kappa shape index (κ2) is 3.38. The van der Waals surface area contributed by atoms with E-state index in [2.05, 4.69) is 10.2 Å². The van der Waals surface area contributed by atoms with Crippen LogP contribution < -0.4 is 5.73 Å². The van der Waals surface area contributed by atoms with E-state index < -0.39 is 0 Å². The van der Waals surface area contributed by atoms with Crippen LogP contribution >= 0.6 is 0 Å². The van der Waals surface area contributed by atoms with Crippen LogP contribution in [0.1, 0.15) is 0 Å². The van der Waals surface area contributed by atoms with Crippen molar-refractivity contribution >= 4 is 16.6 Å². The maximum absolute atomic E-state index is 5.95. The Morgan fingerprint density at radius 2 is 1.69 bits per heavy atom. The summed E-state index contributed by atoms with van der Waals surface area (Å²) in [4.78, 5) is 0. The highest BCUT2D eigenvalue weighted by Gasteiger charge is 2.09. The summed E-state index contributed by atoms with van der Waals surface area (Å²) in [5.41, 5.74) is 9.61. The van der Waals surface area contributed by atoms with Crippen molar-refractivity contribution in [2.75, 3.05) is 5.73 Å². The minimum atomic E-state index is 0.750. The summed E-state index contributed by atoms with van der Waals surface area (Å²) in [6.45, 7) is 0. The molecule has 2 aromatic carbocycles. The van der Waals surface area contributed by atoms with Crippen molar-refractivity contribution in [3.8, 4) is 11.3 Å². The molecule has 0 unspecified atom stereocenters. The van der Waals surface area contributed by atoms with Crippen molar-refractivity contribution in [3.05, 3.63) is 48.5 Å². The Kier molecular flexibility index (Phi) is 1.90.